The average molecular weight is 773 g/mol. The van der Waals surface area contributed by atoms with Gasteiger partial charge in [-0.2, -0.15) is 8.42 Å². The van der Waals surface area contributed by atoms with E-state index in [4.69, 9.17) is 17.5 Å². The van der Waals surface area contributed by atoms with Gasteiger partial charge in [-0.05, 0) is 63.7 Å². The van der Waals surface area contributed by atoms with Crippen molar-refractivity contribution in [3.63, 3.8) is 0 Å². The number of rotatable bonds is 12. The molecule has 0 amide bonds. The number of carbonyl (C=O) groups is 2. The summed E-state index contributed by atoms with van der Waals surface area (Å²) in [5, 5.41) is 21.1. The number of hydrogen-bond donors (Lipinski definition) is 4. The molecular formula is C44H56N2O8S. The van der Waals surface area contributed by atoms with Crippen LogP contribution in [0.4, 0.5) is 0 Å². The fraction of sp³-hybridized carbons (Fsp3) is 0.409. The summed E-state index contributed by atoms with van der Waals surface area (Å²) in [4.78, 5) is 29.7. The predicted molar refractivity (Wildman–Crippen MR) is 215 cm³/mol. The number of ketones is 2. The van der Waals surface area contributed by atoms with E-state index in [0.29, 0.717) is 24.9 Å². The maximum Gasteiger partial charge on any atom is 0.394 e. The largest absolute Gasteiger partial charge is 0.394 e. The van der Waals surface area contributed by atoms with Crippen LogP contribution in [0.3, 0.4) is 0 Å². The van der Waals surface area contributed by atoms with Crippen molar-refractivity contribution in [1.82, 2.24) is 9.80 Å². The maximum absolute atomic E-state index is 12.5. The summed E-state index contributed by atoms with van der Waals surface area (Å²) in [6, 6.07) is 39.9. The molecule has 2 aliphatic rings. The van der Waals surface area contributed by atoms with Crippen molar-refractivity contribution in [3.8, 4) is 0 Å². The number of nitrogens with zero attached hydrogens (tertiary/aromatic N) is 2. The van der Waals surface area contributed by atoms with Gasteiger partial charge in [0.15, 0.2) is 11.6 Å². The summed E-state index contributed by atoms with van der Waals surface area (Å²) < 4.78 is 31.6. The minimum absolute atomic E-state index is 0.210. The van der Waals surface area contributed by atoms with E-state index in [-0.39, 0.29) is 23.7 Å². The fourth-order valence-electron chi connectivity index (χ4n) is 7.70. The lowest BCUT2D eigenvalue weighted by molar-refractivity contribution is 0.0543. The highest BCUT2D eigenvalue weighted by atomic mass is 32.3. The summed E-state index contributed by atoms with van der Waals surface area (Å²) in [6.45, 7) is 0. The van der Waals surface area contributed by atoms with Crippen LogP contribution in [0.15, 0.2) is 121 Å². The second-order valence-electron chi connectivity index (χ2n) is 14.6. The van der Waals surface area contributed by atoms with E-state index >= 15 is 0 Å². The van der Waals surface area contributed by atoms with Crippen molar-refractivity contribution in [2.45, 2.75) is 101 Å². The highest BCUT2D eigenvalue weighted by Crippen LogP contribution is 2.32. The number of aliphatic hydroxyl groups is 2. The molecule has 4 aromatic rings. The Bertz CT molecular complexity index is 1700. The highest BCUT2D eigenvalue weighted by molar-refractivity contribution is 7.79. The Hall–Kier alpha value is -4.07. The number of likely N-dealkylation sites (tertiary alicyclic amines) is 2. The molecule has 2 aliphatic heterocycles. The number of piperidine rings is 2. The van der Waals surface area contributed by atoms with Crippen LogP contribution >= 0.6 is 0 Å². The zero-order valence-corrected chi connectivity index (χ0v) is 32.6. The zero-order valence-electron chi connectivity index (χ0n) is 31.8. The van der Waals surface area contributed by atoms with Gasteiger partial charge >= 0.3 is 10.4 Å². The van der Waals surface area contributed by atoms with Crippen LogP contribution < -0.4 is 0 Å². The zero-order chi connectivity index (χ0) is 39.8. The third-order valence-corrected chi connectivity index (χ3v) is 10.8. The minimum atomic E-state index is -4.67. The SMILES string of the molecule is CN1[C@@H](CC(=O)c2ccccc2)CCC[C@H]1C[C@H](O)c1ccccc1.CN1[C@@H](CC(=O)c2ccccc2)CCC[C@H]1C[C@H](O)c1ccccc1.O=S(=O)(O)O. The first-order valence-electron chi connectivity index (χ1n) is 19.1. The topological polar surface area (TPSA) is 156 Å². The van der Waals surface area contributed by atoms with E-state index in [0.717, 1.165) is 73.6 Å². The van der Waals surface area contributed by atoms with E-state index in [1.807, 2.05) is 121 Å². The summed E-state index contributed by atoms with van der Waals surface area (Å²) in [5.41, 5.74) is 3.53. The lowest BCUT2D eigenvalue weighted by Gasteiger charge is -2.40. The summed E-state index contributed by atoms with van der Waals surface area (Å²) >= 11 is 0. The van der Waals surface area contributed by atoms with E-state index in [2.05, 4.69) is 23.9 Å². The average Bonchev–Trinajstić information content (AvgIpc) is 3.19. The van der Waals surface area contributed by atoms with Crippen molar-refractivity contribution < 1.29 is 37.3 Å². The first kappa shape index (κ1) is 43.7. The van der Waals surface area contributed by atoms with E-state index < -0.39 is 22.6 Å². The normalized spacial score (nSPS) is 21.5. The quantitative estimate of drug-likeness (QED) is 0.0828. The molecule has 2 fully saturated rings. The van der Waals surface area contributed by atoms with Gasteiger partial charge in [0.05, 0.1) is 12.2 Å². The molecule has 6 atom stereocenters. The second kappa shape index (κ2) is 21.9. The fourth-order valence-corrected chi connectivity index (χ4v) is 7.70. The van der Waals surface area contributed by atoms with E-state index in [9.17, 15) is 19.8 Å². The minimum Gasteiger partial charge on any atom is -0.388 e. The van der Waals surface area contributed by atoms with Crippen molar-refractivity contribution in [2.75, 3.05) is 14.1 Å². The van der Waals surface area contributed by atoms with Crippen LogP contribution in [-0.4, -0.2) is 87.4 Å². The molecular weight excluding hydrogens is 717 g/mol. The number of hydrogen-bond acceptors (Lipinski definition) is 8. The van der Waals surface area contributed by atoms with Crippen LogP contribution in [-0.2, 0) is 10.4 Å². The molecule has 0 bridgehead atoms. The Kier molecular flexibility index (Phi) is 17.4. The molecule has 0 spiro atoms. The van der Waals surface area contributed by atoms with Crippen molar-refractivity contribution in [2.24, 2.45) is 0 Å². The third-order valence-electron chi connectivity index (χ3n) is 10.8. The first-order valence-corrected chi connectivity index (χ1v) is 20.5. The summed E-state index contributed by atoms with van der Waals surface area (Å²) in [5.74, 6) is 0.420. The first-order chi connectivity index (χ1) is 26.3. The van der Waals surface area contributed by atoms with Gasteiger partial charge in [-0.15, -0.1) is 0 Å². The van der Waals surface area contributed by atoms with Gasteiger partial charge in [-0.1, -0.05) is 134 Å². The molecule has 55 heavy (non-hydrogen) atoms. The Morgan fingerprint density at radius 1 is 0.545 bits per heavy atom. The van der Waals surface area contributed by atoms with Crippen molar-refractivity contribution in [3.05, 3.63) is 144 Å². The summed E-state index contributed by atoms with van der Waals surface area (Å²) in [7, 11) is -0.463. The van der Waals surface area contributed by atoms with E-state index in [1.54, 1.807) is 0 Å². The van der Waals surface area contributed by atoms with Gasteiger partial charge in [0.1, 0.15) is 0 Å². The van der Waals surface area contributed by atoms with Gasteiger partial charge < -0.3 is 10.2 Å². The molecule has 0 aromatic heterocycles. The van der Waals surface area contributed by atoms with Gasteiger partial charge in [0.2, 0.25) is 0 Å². The number of Topliss-reactive ketones (excluding diaryl/α,β-unsaturated/α-hetero) is 2. The molecule has 11 heteroatoms. The molecule has 2 heterocycles. The van der Waals surface area contributed by atoms with Crippen LogP contribution in [0.25, 0.3) is 0 Å². The Labute approximate surface area is 326 Å². The van der Waals surface area contributed by atoms with Crippen molar-refractivity contribution >= 4 is 22.0 Å². The Morgan fingerprint density at radius 3 is 1.13 bits per heavy atom. The van der Waals surface area contributed by atoms with E-state index in [1.165, 1.54) is 0 Å². The number of benzene rings is 4. The maximum atomic E-state index is 12.5. The lowest BCUT2D eigenvalue weighted by atomic mass is 9.88. The number of carbonyl (C=O) groups excluding carboxylic acids is 2. The van der Waals surface area contributed by atoms with Gasteiger partial charge in [-0.25, -0.2) is 0 Å². The van der Waals surface area contributed by atoms with Crippen LogP contribution in [0.1, 0.15) is 108 Å². The van der Waals surface area contributed by atoms with Crippen LogP contribution in [0, 0.1) is 0 Å². The van der Waals surface area contributed by atoms with Gasteiger partial charge in [0, 0.05) is 48.1 Å². The van der Waals surface area contributed by atoms with Gasteiger partial charge in [0.25, 0.3) is 0 Å². The third kappa shape index (κ3) is 14.8. The summed E-state index contributed by atoms with van der Waals surface area (Å²) in [6.07, 6.45) is 8.14. The second-order valence-corrected chi connectivity index (χ2v) is 15.5. The van der Waals surface area contributed by atoms with Crippen molar-refractivity contribution in [1.29, 1.82) is 0 Å². The monoisotopic (exact) mass is 772 g/mol. The van der Waals surface area contributed by atoms with Gasteiger partial charge in [-0.3, -0.25) is 28.5 Å². The smallest absolute Gasteiger partial charge is 0.388 e. The molecule has 2 saturated heterocycles. The molecule has 4 N–H and O–H groups in total. The molecule has 10 nitrogen and oxygen atoms in total. The Balaban J connectivity index is 0.000000218. The molecule has 4 aromatic carbocycles. The molecule has 0 radical (unpaired) electrons. The van der Waals surface area contributed by atoms with Crippen LogP contribution in [0.5, 0.6) is 0 Å². The molecule has 0 saturated carbocycles. The predicted octanol–water partition coefficient (Wildman–Crippen LogP) is 7.82. The Morgan fingerprint density at radius 2 is 0.818 bits per heavy atom. The van der Waals surface area contributed by atoms with Crippen LogP contribution in [0.2, 0.25) is 0 Å². The molecule has 296 valence electrons. The standard InChI is InChI=1S/2C22H27NO2.H2O4S/c2*1-23-19(15-21(24)17-9-4-2-5-10-17)13-8-14-20(23)16-22(25)18-11-6-3-7-12-18;1-5(2,3)4/h2*2-7,9-12,19-21,24H,8,13-16H2,1H3;(H2,1,2,3,4)/t2*19-,20+,21-;/m00./s1. The lowest BCUT2D eigenvalue weighted by Crippen LogP contribution is -2.45. The molecule has 0 unspecified atom stereocenters. The number of aliphatic hydroxyl groups excluding tert-OH is 2. The molecule has 6 rings (SSSR count). The highest BCUT2D eigenvalue weighted by Gasteiger charge is 2.32. The molecule has 0 aliphatic carbocycles.